The molecule has 2 N–H and O–H groups in total. The van der Waals surface area contributed by atoms with E-state index in [-0.39, 0.29) is 5.91 Å². The Bertz CT molecular complexity index is 509. The molecule has 22 heavy (non-hydrogen) atoms. The topological polar surface area (TPSA) is 70.7 Å². The van der Waals surface area contributed by atoms with Gasteiger partial charge in [-0.25, -0.2) is 4.98 Å². The number of carbonyl (C=O) groups is 1. The number of hydrogen-bond donors (Lipinski definition) is 2. The van der Waals surface area contributed by atoms with Gasteiger partial charge in [0.05, 0.1) is 5.75 Å². The van der Waals surface area contributed by atoms with Gasteiger partial charge in [-0.2, -0.15) is 5.10 Å². The lowest BCUT2D eigenvalue weighted by Gasteiger charge is -2.59. The first-order chi connectivity index (χ1) is 10.6. The zero-order valence-corrected chi connectivity index (χ0v) is 13.9. The van der Waals surface area contributed by atoms with Crippen molar-refractivity contribution in [1.29, 1.82) is 0 Å². The molecule has 4 bridgehead atoms. The van der Waals surface area contributed by atoms with Gasteiger partial charge in [-0.3, -0.25) is 9.89 Å². The van der Waals surface area contributed by atoms with Crippen LogP contribution in [0.25, 0.3) is 0 Å². The van der Waals surface area contributed by atoms with Gasteiger partial charge in [0, 0.05) is 6.04 Å². The number of H-pyrrole nitrogens is 1. The minimum Gasteiger partial charge on any atom is -0.352 e. The third-order valence-corrected chi connectivity index (χ3v) is 6.99. The lowest BCUT2D eigenvalue weighted by molar-refractivity contribution is -0.123. The molecule has 0 spiro atoms. The molecular weight excluding hydrogens is 296 g/mol. The molecule has 0 aliphatic heterocycles. The maximum absolute atomic E-state index is 12.2. The molecule has 4 fully saturated rings. The van der Waals surface area contributed by atoms with Gasteiger partial charge in [0.15, 0.2) is 5.16 Å². The summed E-state index contributed by atoms with van der Waals surface area (Å²) in [5.74, 6) is 3.30. The summed E-state index contributed by atoms with van der Waals surface area (Å²) in [6.45, 7) is 2.23. The molecule has 1 aromatic heterocycles. The fourth-order valence-electron chi connectivity index (χ4n) is 5.54. The molecule has 0 saturated heterocycles. The summed E-state index contributed by atoms with van der Waals surface area (Å²) in [4.78, 5) is 16.3. The fraction of sp³-hybridized carbons (Fsp3) is 0.812. The van der Waals surface area contributed by atoms with Gasteiger partial charge in [-0.05, 0) is 68.6 Å². The number of thioether (sulfide) groups is 1. The van der Waals surface area contributed by atoms with Gasteiger partial charge in [0.1, 0.15) is 6.33 Å². The number of nitrogens with one attached hydrogen (secondary N) is 2. The molecule has 120 valence electrons. The summed E-state index contributed by atoms with van der Waals surface area (Å²) in [5.41, 5.74) is 0.376. The van der Waals surface area contributed by atoms with Crippen molar-refractivity contribution in [2.45, 2.75) is 56.6 Å². The van der Waals surface area contributed by atoms with Crippen LogP contribution < -0.4 is 5.32 Å². The molecule has 4 aliphatic rings. The Kier molecular flexibility index (Phi) is 3.67. The second-order valence-corrected chi connectivity index (χ2v) is 8.61. The molecule has 5 nitrogen and oxygen atoms in total. The lowest BCUT2D eigenvalue weighted by atomic mass is 9.48. The van der Waals surface area contributed by atoms with Crippen LogP contribution in [0.5, 0.6) is 0 Å². The molecule has 1 amide bonds. The number of aromatic nitrogens is 3. The molecule has 0 aromatic carbocycles. The zero-order valence-electron chi connectivity index (χ0n) is 13.0. The van der Waals surface area contributed by atoms with Crippen molar-refractivity contribution in [1.82, 2.24) is 20.5 Å². The predicted molar refractivity (Wildman–Crippen MR) is 85.3 cm³/mol. The van der Waals surface area contributed by atoms with Crippen LogP contribution in [0.4, 0.5) is 0 Å². The maximum atomic E-state index is 12.2. The molecule has 4 saturated carbocycles. The second-order valence-electron chi connectivity index (χ2n) is 7.65. The molecule has 0 radical (unpaired) electrons. The highest BCUT2D eigenvalue weighted by atomic mass is 32.2. The first kappa shape index (κ1) is 14.5. The summed E-state index contributed by atoms with van der Waals surface area (Å²) in [5, 5.41) is 10.6. The van der Waals surface area contributed by atoms with Crippen molar-refractivity contribution in [2.75, 3.05) is 5.75 Å². The minimum absolute atomic E-state index is 0.115. The molecule has 4 aliphatic carbocycles. The van der Waals surface area contributed by atoms with Crippen LogP contribution in [0.2, 0.25) is 0 Å². The Hall–Kier alpha value is -1.04. The Labute approximate surface area is 135 Å². The van der Waals surface area contributed by atoms with E-state index in [1.807, 2.05) is 0 Å². The highest BCUT2D eigenvalue weighted by molar-refractivity contribution is 7.99. The van der Waals surface area contributed by atoms with E-state index in [1.165, 1.54) is 56.6 Å². The third kappa shape index (κ3) is 2.66. The van der Waals surface area contributed by atoms with Crippen LogP contribution in [0.3, 0.4) is 0 Å². The van der Waals surface area contributed by atoms with Crippen LogP contribution in [-0.2, 0) is 4.79 Å². The van der Waals surface area contributed by atoms with E-state index in [1.54, 1.807) is 0 Å². The molecule has 1 unspecified atom stereocenters. The van der Waals surface area contributed by atoms with Crippen LogP contribution >= 0.6 is 11.8 Å². The van der Waals surface area contributed by atoms with Crippen LogP contribution in [-0.4, -0.2) is 32.9 Å². The maximum Gasteiger partial charge on any atom is 0.230 e. The molecule has 1 aromatic rings. The van der Waals surface area contributed by atoms with Gasteiger partial charge < -0.3 is 5.32 Å². The van der Waals surface area contributed by atoms with Gasteiger partial charge in [0.25, 0.3) is 0 Å². The number of aromatic amines is 1. The molecule has 5 rings (SSSR count). The quantitative estimate of drug-likeness (QED) is 0.818. The van der Waals surface area contributed by atoms with E-state index < -0.39 is 0 Å². The smallest absolute Gasteiger partial charge is 0.230 e. The van der Waals surface area contributed by atoms with E-state index in [9.17, 15) is 4.79 Å². The van der Waals surface area contributed by atoms with Crippen molar-refractivity contribution in [2.24, 2.45) is 23.2 Å². The first-order valence-electron chi connectivity index (χ1n) is 8.40. The SMILES string of the molecule is CC(NC(=O)CSc1ncn[nH]1)C12CC3CC(CC(C3)C1)C2. The van der Waals surface area contributed by atoms with E-state index in [0.717, 1.165) is 17.8 Å². The van der Waals surface area contributed by atoms with E-state index in [4.69, 9.17) is 0 Å². The van der Waals surface area contributed by atoms with Crippen molar-refractivity contribution in [3.63, 3.8) is 0 Å². The average molecular weight is 320 g/mol. The summed E-state index contributed by atoms with van der Waals surface area (Å²) < 4.78 is 0. The normalized spacial score (nSPS) is 37.2. The van der Waals surface area contributed by atoms with Crippen molar-refractivity contribution in [3.8, 4) is 0 Å². The zero-order chi connectivity index (χ0) is 15.2. The monoisotopic (exact) mass is 320 g/mol. The van der Waals surface area contributed by atoms with E-state index in [2.05, 4.69) is 27.4 Å². The Morgan fingerprint density at radius 2 is 2.00 bits per heavy atom. The van der Waals surface area contributed by atoms with Crippen LogP contribution in [0.15, 0.2) is 11.5 Å². The number of rotatable bonds is 5. The molecule has 6 heteroatoms. The summed E-state index contributed by atoms with van der Waals surface area (Å²) in [6, 6.07) is 0.295. The van der Waals surface area contributed by atoms with Crippen molar-refractivity contribution in [3.05, 3.63) is 6.33 Å². The van der Waals surface area contributed by atoms with Gasteiger partial charge in [-0.1, -0.05) is 11.8 Å². The Balaban J connectivity index is 1.35. The van der Waals surface area contributed by atoms with Crippen LogP contribution in [0, 0.1) is 23.2 Å². The van der Waals surface area contributed by atoms with E-state index in [0.29, 0.717) is 22.4 Å². The largest absolute Gasteiger partial charge is 0.352 e. The van der Waals surface area contributed by atoms with Gasteiger partial charge in [-0.15, -0.1) is 0 Å². The molecule has 1 heterocycles. The fourth-order valence-corrected chi connectivity index (χ4v) is 6.13. The second kappa shape index (κ2) is 5.55. The summed E-state index contributed by atoms with van der Waals surface area (Å²) in [6.07, 6.45) is 9.79. The summed E-state index contributed by atoms with van der Waals surface area (Å²) >= 11 is 1.41. The first-order valence-corrected chi connectivity index (χ1v) is 9.39. The third-order valence-electron chi connectivity index (χ3n) is 6.11. The van der Waals surface area contributed by atoms with Crippen molar-refractivity contribution >= 4 is 17.7 Å². The van der Waals surface area contributed by atoms with E-state index >= 15 is 0 Å². The molecule has 1 atom stereocenters. The van der Waals surface area contributed by atoms with Crippen LogP contribution in [0.1, 0.15) is 45.4 Å². The number of carbonyl (C=O) groups excluding carboxylic acids is 1. The Morgan fingerprint density at radius 3 is 2.55 bits per heavy atom. The highest BCUT2D eigenvalue weighted by Gasteiger charge is 2.53. The molecular formula is C16H24N4OS. The number of hydrogen-bond acceptors (Lipinski definition) is 4. The standard InChI is InChI=1S/C16H24N4OS/c1-10(19-14(21)8-22-15-17-9-18-20-15)16-5-11-2-12(6-16)4-13(3-11)7-16/h9-13H,2-8H2,1H3,(H,19,21)(H,17,18,20). The van der Waals surface area contributed by atoms with Crippen molar-refractivity contribution < 1.29 is 4.79 Å². The lowest BCUT2D eigenvalue weighted by Crippen LogP contribution is -2.56. The minimum atomic E-state index is 0.115. The summed E-state index contributed by atoms with van der Waals surface area (Å²) in [7, 11) is 0. The number of nitrogens with zero attached hydrogens (tertiary/aromatic N) is 2. The number of amides is 1. The Morgan fingerprint density at radius 1 is 1.36 bits per heavy atom. The highest BCUT2D eigenvalue weighted by Crippen LogP contribution is 2.61. The van der Waals surface area contributed by atoms with Gasteiger partial charge >= 0.3 is 0 Å². The van der Waals surface area contributed by atoms with Gasteiger partial charge in [0.2, 0.25) is 5.91 Å². The predicted octanol–water partition coefficient (Wildman–Crippen LogP) is 2.62. The average Bonchev–Trinajstić information content (AvgIpc) is 2.97.